The molecule has 0 saturated carbocycles. The van der Waals surface area contributed by atoms with Crippen molar-refractivity contribution in [1.82, 2.24) is 5.32 Å². The fourth-order valence-corrected chi connectivity index (χ4v) is 4.31. The van der Waals surface area contributed by atoms with Gasteiger partial charge in [-0.3, -0.25) is 4.79 Å². The van der Waals surface area contributed by atoms with Crippen LogP contribution in [-0.4, -0.2) is 35.2 Å². The Bertz CT molecular complexity index is 501. The number of carbonyl (C=O) groups excluding carboxylic acids is 1. The molecule has 1 amide bonds. The van der Waals surface area contributed by atoms with Crippen LogP contribution in [0, 0.1) is 6.92 Å². The zero-order valence-electron chi connectivity index (χ0n) is 13.6. The highest BCUT2D eigenvalue weighted by Gasteiger charge is 2.17. The van der Waals surface area contributed by atoms with E-state index in [1.807, 2.05) is 29.6 Å². The quantitative estimate of drug-likeness (QED) is 0.772. The molecule has 122 valence electrons. The normalized spacial score (nSPS) is 19.7. The summed E-state index contributed by atoms with van der Waals surface area (Å²) < 4.78 is 0. The summed E-state index contributed by atoms with van der Waals surface area (Å²) in [6.07, 6.45) is 1.71. The van der Waals surface area contributed by atoms with Gasteiger partial charge in [-0.2, -0.15) is 11.8 Å². The highest BCUT2D eigenvalue weighted by molar-refractivity contribution is 8.00. The number of rotatable bonds is 6. The Hall–Kier alpha value is -0.650. The van der Waals surface area contributed by atoms with Crippen LogP contribution in [0.3, 0.4) is 0 Å². The van der Waals surface area contributed by atoms with E-state index >= 15 is 0 Å². The number of aryl methyl sites for hydroxylation is 1. The van der Waals surface area contributed by atoms with Crippen molar-refractivity contribution < 1.29 is 4.79 Å². The SMILES string of the molecule is CCC(C)Sc1ccc(NC(=O)CC2CSCCN2)c(C)c1. The van der Waals surface area contributed by atoms with Crippen molar-refractivity contribution in [1.29, 1.82) is 0 Å². The number of benzene rings is 1. The van der Waals surface area contributed by atoms with Crippen LogP contribution < -0.4 is 10.6 Å². The minimum atomic E-state index is 0.102. The average Bonchev–Trinajstić information content (AvgIpc) is 2.51. The van der Waals surface area contributed by atoms with Gasteiger partial charge in [0.15, 0.2) is 0 Å². The summed E-state index contributed by atoms with van der Waals surface area (Å²) in [5.41, 5.74) is 2.06. The lowest BCUT2D eigenvalue weighted by atomic mass is 10.1. The van der Waals surface area contributed by atoms with Gasteiger partial charge in [0, 0.05) is 46.3 Å². The Labute approximate surface area is 142 Å². The highest BCUT2D eigenvalue weighted by Crippen LogP contribution is 2.28. The van der Waals surface area contributed by atoms with Crippen molar-refractivity contribution in [2.75, 3.05) is 23.4 Å². The van der Waals surface area contributed by atoms with E-state index in [-0.39, 0.29) is 5.91 Å². The number of hydrogen-bond acceptors (Lipinski definition) is 4. The van der Waals surface area contributed by atoms with Crippen LogP contribution in [0.5, 0.6) is 0 Å². The Balaban J connectivity index is 1.90. The van der Waals surface area contributed by atoms with Crippen molar-refractivity contribution >= 4 is 35.1 Å². The first-order chi connectivity index (χ1) is 10.6. The standard InChI is InChI=1S/C17H26N2OS2/c1-4-13(3)22-15-5-6-16(12(2)9-15)19-17(20)10-14-11-21-8-7-18-14/h5-6,9,13-14,18H,4,7-8,10-11H2,1-3H3,(H,19,20). The first-order valence-corrected chi connectivity index (χ1v) is 10.00. The van der Waals surface area contributed by atoms with E-state index in [0.29, 0.717) is 17.7 Å². The summed E-state index contributed by atoms with van der Waals surface area (Å²) in [5, 5.41) is 7.08. The van der Waals surface area contributed by atoms with E-state index < -0.39 is 0 Å². The van der Waals surface area contributed by atoms with E-state index in [4.69, 9.17) is 0 Å². The predicted molar refractivity (Wildman–Crippen MR) is 99.2 cm³/mol. The van der Waals surface area contributed by atoms with Crippen LogP contribution in [0.25, 0.3) is 0 Å². The van der Waals surface area contributed by atoms with Crippen LogP contribution in [0.2, 0.25) is 0 Å². The zero-order valence-corrected chi connectivity index (χ0v) is 15.3. The second-order valence-electron chi connectivity index (χ2n) is 5.79. The third-order valence-electron chi connectivity index (χ3n) is 3.81. The molecule has 1 fully saturated rings. The lowest BCUT2D eigenvalue weighted by Gasteiger charge is -2.22. The van der Waals surface area contributed by atoms with Gasteiger partial charge in [0.2, 0.25) is 5.91 Å². The van der Waals surface area contributed by atoms with Crippen LogP contribution in [0.15, 0.2) is 23.1 Å². The molecule has 3 nitrogen and oxygen atoms in total. The Morgan fingerprint density at radius 3 is 3.00 bits per heavy atom. The lowest BCUT2D eigenvalue weighted by Crippen LogP contribution is -2.39. The molecule has 0 aliphatic carbocycles. The fourth-order valence-electron chi connectivity index (χ4n) is 2.34. The Morgan fingerprint density at radius 1 is 1.55 bits per heavy atom. The summed E-state index contributed by atoms with van der Waals surface area (Å²) >= 11 is 3.81. The van der Waals surface area contributed by atoms with Crippen LogP contribution in [0.4, 0.5) is 5.69 Å². The molecular weight excluding hydrogens is 312 g/mol. The third-order valence-corrected chi connectivity index (χ3v) is 6.21. The molecule has 1 aliphatic rings. The van der Waals surface area contributed by atoms with Crippen molar-refractivity contribution in [2.24, 2.45) is 0 Å². The molecule has 22 heavy (non-hydrogen) atoms. The highest BCUT2D eigenvalue weighted by atomic mass is 32.2. The van der Waals surface area contributed by atoms with Gasteiger partial charge in [0.1, 0.15) is 0 Å². The first kappa shape index (κ1) is 17.7. The van der Waals surface area contributed by atoms with Crippen LogP contribution >= 0.6 is 23.5 Å². The molecule has 1 heterocycles. The number of thioether (sulfide) groups is 2. The smallest absolute Gasteiger partial charge is 0.225 e. The maximum atomic E-state index is 12.2. The van der Waals surface area contributed by atoms with E-state index in [2.05, 4.69) is 43.5 Å². The molecule has 1 aromatic rings. The number of amides is 1. The summed E-state index contributed by atoms with van der Waals surface area (Å²) in [4.78, 5) is 13.4. The Morgan fingerprint density at radius 2 is 2.36 bits per heavy atom. The molecule has 0 aromatic heterocycles. The Kier molecular flexibility index (Phi) is 7.12. The van der Waals surface area contributed by atoms with Gasteiger partial charge in [-0.25, -0.2) is 0 Å². The molecule has 1 saturated heterocycles. The second kappa shape index (κ2) is 8.85. The summed E-state index contributed by atoms with van der Waals surface area (Å²) in [5.74, 6) is 2.27. The fraction of sp³-hybridized carbons (Fsp3) is 0.588. The molecule has 0 bridgehead atoms. The van der Waals surface area contributed by atoms with Crippen molar-refractivity contribution in [3.8, 4) is 0 Å². The van der Waals surface area contributed by atoms with E-state index in [1.165, 1.54) is 4.90 Å². The van der Waals surface area contributed by atoms with Gasteiger partial charge in [0.25, 0.3) is 0 Å². The van der Waals surface area contributed by atoms with Crippen molar-refractivity contribution in [3.05, 3.63) is 23.8 Å². The number of hydrogen-bond donors (Lipinski definition) is 2. The molecule has 5 heteroatoms. The first-order valence-electron chi connectivity index (χ1n) is 7.96. The van der Waals surface area contributed by atoms with Gasteiger partial charge in [0.05, 0.1) is 0 Å². The third kappa shape index (κ3) is 5.52. The van der Waals surface area contributed by atoms with Gasteiger partial charge in [-0.1, -0.05) is 13.8 Å². The predicted octanol–water partition coefficient (Wildman–Crippen LogP) is 3.92. The minimum Gasteiger partial charge on any atom is -0.326 e. The molecule has 2 rings (SSSR count). The zero-order chi connectivity index (χ0) is 15.9. The summed E-state index contributed by atoms with van der Waals surface area (Å²) in [6.45, 7) is 7.51. The molecule has 1 aliphatic heterocycles. The van der Waals surface area contributed by atoms with E-state index in [9.17, 15) is 4.79 Å². The monoisotopic (exact) mass is 338 g/mol. The summed E-state index contributed by atoms with van der Waals surface area (Å²) in [7, 11) is 0. The lowest BCUT2D eigenvalue weighted by molar-refractivity contribution is -0.116. The van der Waals surface area contributed by atoms with E-state index in [1.54, 1.807) is 0 Å². The topological polar surface area (TPSA) is 41.1 Å². The van der Waals surface area contributed by atoms with Crippen molar-refractivity contribution in [2.45, 2.75) is 49.8 Å². The summed E-state index contributed by atoms with van der Waals surface area (Å²) in [6, 6.07) is 6.61. The molecule has 2 unspecified atom stereocenters. The van der Waals surface area contributed by atoms with Crippen LogP contribution in [0.1, 0.15) is 32.3 Å². The molecule has 0 radical (unpaired) electrons. The van der Waals surface area contributed by atoms with Gasteiger partial charge >= 0.3 is 0 Å². The average molecular weight is 339 g/mol. The number of anilines is 1. The van der Waals surface area contributed by atoms with Gasteiger partial charge < -0.3 is 10.6 Å². The van der Waals surface area contributed by atoms with Crippen molar-refractivity contribution in [3.63, 3.8) is 0 Å². The molecule has 0 spiro atoms. The largest absolute Gasteiger partial charge is 0.326 e. The second-order valence-corrected chi connectivity index (χ2v) is 8.45. The molecule has 2 atom stereocenters. The molecular formula is C17H26N2OS2. The maximum Gasteiger partial charge on any atom is 0.225 e. The minimum absolute atomic E-state index is 0.102. The molecule has 2 N–H and O–H groups in total. The maximum absolute atomic E-state index is 12.2. The number of nitrogens with one attached hydrogen (secondary N) is 2. The number of carbonyl (C=O) groups is 1. The van der Waals surface area contributed by atoms with Gasteiger partial charge in [-0.05, 0) is 37.1 Å². The van der Waals surface area contributed by atoms with Gasteiger partial charge in [-0.15, -0.1) is 11.8 Å². The van der Waals surface area contributed by atoms with E-state index in [0.717, 1.165) is 35.7 Å². The molecule has 1 aromatic carbocycles. The van der Waals surface area contributed by atoms with Crippen LogP contribution in [-0.2, 0) is 4.79 Å².